The van der Waals surface area contributed by atoms with Gasteiger partial charge in [-0.05, 0) is 61.2 Å². The molecule has 2 atom stereocenters. The third kappa shape index (κ3) is 6.47. The molecule has 0 N–H and O–H groups in total. The first-order valence-electron chi connectivity index (χ1n) is 13.1. The summed E-state index contributed by atoms with van der Waals surface area (Å²) in [6.45, 7) is 6.96. The van der Waals surface area contributed by atoms with E-state index in [1.807, 2.05) is 13.8 Å². The number of amides is 1. The van der Waals surface area contributed by atoms with Crippen molar-refractivity contribution in [3.63, 3.8) is 0 Å². The molecule has 0 aliphatic carbocycles. The molecule has 2 aromatic carbocycles. The first-order chi connectivity index (χ1) is 19.5. The largest absolute Gasteiger partial charge is 0.496 e. The number of ether oxygens (including phenoxy) is 2. The van der Waals surface area contributed by atoms with Crippen LogP contribution < -0.4 is 4.74 Å². The molecule has 0 spiro atoms. The molecule has 0 radical (unpaired) electrons. The number of methoxy groups -OCH3 is 1. The Balaban J connectivity index is 1.68. The molecule has 2 unspecified atom stereocenters. The lowest BCUT2D eigenvalue weighted by Crippen LogP contribution is -2.44. The van der Waals surface area contributed by atoms with Crippen LogP contribution in [0.25, 0.3) is 11.1 Å². The number of carbonyl (C=O) groups excluding carboxylic acids is 1. The standard InChI is InChI=1S/C30H29F7N2O3/c1-15(2)22-12-23(27(41-5)13-24(22)31)21-7-6-16(3)38-25(21)14-39-17(4)8-26(42-28(39)40)18-9-19(29(32,33)34)11-20(10-18)30(35,36)37/h6-7,9-13,15,17,26H,8,14H2,1-5H3. The number of alkyl halides is 6. The fraction of sp³-hybridized carbons (Fsp3) is 0.400. The summed E-state index contributed by atoms with van der Waals surface area (Å²) in [5.74, 6) is -0.322. The van der Waals surface area contributed by atoms with E-state index in [0.717, 1.165) is 0 Å². The Hall–Kier alpha value is -3.83. The number of nitrogens with zero attached hydrogens (tertiary/aromatic N) is 2. The summed E-state index contributed by atoms with van der Waals surface area (Å²) in [4.78, 5) is 19.1. The summed E-state index contributed by atoms with van der Waals surface area (Å²) in [6, 6.07) is 6.99. The van der Waals surface area contributed by atoms with Crippen LogP contribution in [0.4, 0.5) is 35.5 Å². The van der Waals surface area contributed by atoms with Gasteiger partial charge in [-0.15, -0.1) is 0 Å². The smallest absolute Gasteiger partial charge is 0.416 e. The van der Waals surface area contributed by atoms with Crippen LogP contribution in [0.1, 0.15) is 72.9 Å². The zero-order chi connectivity index (χ0) is 31.1. The van der Waals surface area contributed by atoms with Crippen molar-refractivity contribution in [2.75, 3.05) is 7.11 Å². The molecule has 2 heterocycles. The number of rotatable bonds is 6. The van der Waals surface area contributed by atoms with E-state index < -0.39 is 53.1 Å². The van der Waals surface area contributed by atoms with Crippen LogP contribution in [0.2, 0.25) is 0 Å². The van der Waals surface area contributed by atoms with Crippen LogP contribution in [0.5, 0.6) is 5.75 Å². The molecule has 4 rings (SSSR count). The predicted octanol–water partition coefficient (Wildman–Crippen LogP) is 8.84. The fourth-order valence-corrected chi connectivity index (χ4v) is 4.98. The highest BCUT2D eigenvalue weighted by molar-refractivity contribution is 5.75. The molecule has 1 aromatic heterocycles. The van der Waals surface area contributed by atoms with Gasteiger partial charge in [-0.3, -0.25) is 9.88 Å². The first-order valence-corrected chi connectivity index (χ1v) is 13.1. The molecule has 0 saturated carbocycles. The van der Waals surface area contributed by atoms with E-state index in [1.54, 1.807) is 32.0 Å². The minimum absolute atomic E-state index is 0.0310. The van der Waals surface area contributed by atoms with E-state index in [2.05, 4.69) is 4.98 Å². The Morgan fingerprint density at radius 1 is 1.00 bits per heavy atom. The molecule has 1 saturated heterocycles. The number of hydrogen-bond donors (Lipinski definition) is 0. The van der Waals surface area contributed by atoms with Gasteiger partial charge in [0.05, 0.1) is 30.5 Å². The second-order valence-electron chi connectivity index (χ2n) is 10.6. The van der Waals surface area contributed by atoms with Crippen LogP contribution in [0.15, 0.2) is 42.5 Å². The summed E-state index contributed by atoms with van der Waals surface area (Å²) >= 11 is 0. The topological polar surface area (TPSA) is 51.7 Å². The highest BCUT2D eigenvalue weighted by Gasteiger charge is 2.40. The number of cyclic esters (lactones) is 1. The molecule has 5 nitrogen and oxygen atoms in total. The maximum atomic E-state index is 14.7. The minimum Gasteiger partial charge on any atom is -0.496 e. The summed E-state index contributed by atoms with van der Waals surface area (Å²) in [5.41, 5.74) is -0.761. The summed E-state index contributed by atoms with van der Waals surface area (Å²) in [5, 5.41) is 0. The van der Waals surface area contributed by atoms with Crippen molar-refractivity contribution in [1.29, 1.82) is 0 Å². The lowest BCUT2D eigenvalue weighted by molar-refractivity contribution is -0.143. The number of benzene rings is 2. The summed E-state index contributed by atoms with van der Waals surface area (Å²) in [6.07, 6.45) is -12.4. The minimum atomic E-state index is -5.03. The summed E-state index contributed by atoms with van der Waals surface area (Å²) < 4.78 is 106. The Morgan fingerprint density at radius 3 is 2.14 bits per heavy atom. The van der Waals surface area contributed by atoms with Crippen molar-refractivity contribution in [1.82, 2.24) is 9.88 Å². The van der Waals surface area contributed by atoms with Crippen molar-refractivity contribution < 1.29 is 45.0 Å². The van der Waals surface area contributed by atoms with Gasteiger partial charge in [-0.1, -0.05) is 19.9 Å². The number of hydrogen-bond acceptors (Lipinski definition) is 4. The third-order valence-corrected chi connectivity index (χ3v) is 7.21. The average molecular weight is 599 g/mol. The zero-order valence-corrected chi connectivity index (χ0v) is 23.5. The molecule has 0 bridgehead atoms. The Morgan fingerprint density at radius 2 is 1.62 bits per heavy atom. The van der Waals surface area contributed by atoms with E-state index >= 15 is 0 Å². The second-order valence-corrected chi connectivity index (χ2v) is 10.6. The lowest BCUT2D eigenvalue weighted by atomic mass is 9.94. The molecule has 1 amide bonds. The fourth-order valence-electron chi connectivity index (χ4n) is 4.98. The molecule has 226 valence electrons. The van der Waals surface area contributed by atoms with E-state index in [1.165, 1.54) is 18.1 Å². The Labute approximate surface area is 238 Å². The molecule has 42 heavy (non-hydrogen) atoms. The quantitative estimate of drug-likeness (QED) is 0.266. The Bertz CT molecular complexity index is 1450. The molecule has 1 fully saturated rings. The third-order valence-electron chi connectivity index (χ3n) is 7.21. The van der Waals surface area contributed by atoms with Gasteiger partial charge >= 0.3 is 18.4 Å². The molecule has 1 aliphatic rings. The van der Waals surface area contributed by atoms with E-state index in [4.69, 9.17) is 9.47 Å². The maximum absolute atomic E-state index is 14.7. The van der Waals surface area contributed by atoms with Gasteiger partial charge in [-0.2, -0.15) is 26.3 Å². The SMILES string of the molecule is COc1cc(F)c(C(C)C)cc1-c1ccc(C)nc1CN1C(=O)OC(c2cc(C(F)(F)F)cc(C(F)(F)F)c2)CC1C. The summed E-state index contributed by atoms with van der Waals surface area (Å²) in [7, 11) is 1.40. The molecular formula is C30H29F7N2O3. The van der Waals surface area contributed by atoms with Gasteiger partial charge < -0.3 is 9.47 Å². The number of pyridine rings is 1. The number of carbonyl (C=O) groups is 1. The second kappa shape index (κ2) is 11.4. The molecular weight excluding hydrogens is 569 g/mol. The number of halogens is 7. The van der Waals surface area contributed by atoms with Crippen molar-refractivity contribution in [3.05, 3.63) is 81.9 Å². The van der Waals surface area contributed by atoms with Crippen molar-refractivity contribution in [2.45, 2.75) is 71.1 Å². The monoisotopic (exact) mass is 598 g/mol. The van der Waals surface area contributed by atoms with Gasteiger partial charge in [-0.25, -0.2) is 9.18 Å². The van der Waals surface area contributed by atoms with Gasteiger partial charge in [0, 0.05) is 35.3 Å². The van der Waals surface area contributed by atoms with Crippen LogP contribution in [0, 0.1) is 12.7 Å². The average Bonchev–Trinajstić information content (AvgIpc) is 2.89. The highest BCUT2D eigenvalue weighted by atomic mass is 19.4. The van der Waals surface area contributed by atoms with Crippen LogP contribution in [-0.4, -0.2) is 29.1 Å². The van der Waals surface area contributed by atoms with Crippen molar-refractivity contribution in [3.8, 4) is 16.9 Å². The van der Waals surface area contributed by atoms with Gasteiger partial charge in [0.25, 0.3) is 0 Å². The van der Waals surface area contributed by atoms with E-state index in [-0.39, 0.29) is 30.7 Å². The number of aryl methyl sites for hydroxylation is 1. The van der Waals surface area contributed by atoms with Gasteiger partial charge in [0.2, 0.25) is 0 Å². The van der Waals surface area contributed by atoms with Gasteiger partial charge in [0.1, 0.15) is 17.7 Å². The lowest BCUT2D eigenvalue weighted by Gasteiger charge is -2.37. The van der Waals surface area contributed by atoms with Crippen LogP contribution in [0.3, 0.4) is 0 Å². The van der Waals surface area contributed by atoms with Crippen LogP contribution in [-0.2, 0) is 23.6 Å². The van der Waals surface area contributed by atoms with E-state index in [9.17, 15) is 35.5 Å². The number of aromatic nitrogens is 1. The normalized spacial score (nSPS) is 17.9. The Kier molecular flexibility index (Phi) is 8.48. The molecule has 12 heteroatoms. The van der Waals surface area contributed by atoms with Gasteiger partial charge in [0.15, 0.2) is 0 Å². The molecule has 1 aliphatic heterocycles. The van der Waals surface area contributed by atoms with E-state index in [0.29, 0.717) is 40.2 Å². The zero-order valence-electron chi connectivity index (χ0n) is 23.5. The maximum Gasteiger partial charge on any atom is 0.416 e. The molecule has 3 aromatic rings. The van der Waals surface area contributed by atoms with Crippen LogP contribution >= 0.6 is 0 Å². The highest BCUT2D eigenvalue weighted by Crippen LogP contribution is 2.41. The van der Waals surface area contributed by atoms with Crippen molar-refractivity contribution in [2.24, 2.45) is 0 Å². The first kappa shape index (κ1) is 31.1. The predicted molar refractivity (Wildman–Crippen MR) is 140 cm³/mol. The van der Waals surface area contributed by atoms with Crippen molar-refractivity contribution >= 4 is 6.09 Å².